The summed E-state index contributed by atoms with van der Waals surface area (Å²) >= 11 is 0. The van der Waals surface area contributed by atoms with Gasteiger partial charge in [-0.15, -0.1) is 0 Å². The van der Waals surface area contributed by atoms with Gasteiger partial charge in [-0.2, -0.15) is 0 Å². The number of aliphatic hydroxyl groups excluding tert-OH is 3. The molecule has 0 aromatic rings. The van der Waals surface area contributed by atoms with Crippen LogP contribution in [-0.4, -0.2) is 56.9 Å². The molecule has 1 aliphatic heterocycles. The molecule has 6 nitrogen and oxygen atoms in total. The van der Waals surface area contributed by atoms with Gasteiger partial charge in [0.05, 0.1) is 30.5 Å². The van der Waals surface area contributed by atoms with Crippen LogP contribution in [0.25, 0.3) is 0 Å². The number of ether oxygens (including phenoxy) is 1. The molecule has 0 aromatic carbocycles. The second-order valence-electron chi connectivity index (χ2n) is 6.95. The number of hydrogen-bond acceptors (Lipinski definition) is 5. The summed E-state index contributed by atoms with van der Waals surface area (Å²) in [6.07, 6.45) is 10.2. The SMILES string of the molecule is CCCCC[C@H]1O[C@H]([C@@H](O)/C=C\[C@@H](O)C/C=C\CCCC(=O)O)C[C@@H]1O. The first-order valence-electron chi connectivity index (χ1n) is 9.68. The number of hydrogen-bond donors (Lipinski definition) is 4. The molecule has 1 heterocycles. The lowest BCUT2D eigenvalue weighted by Gasteiger charge is -2.17. The molecule has 1 rings (SSSR count). The van der Waals surface area contributed by atoms with Crippen molar-refractivity contribution in [2.45, 2.75) is 95.2 Å². The molecule has 150 valence electrons. The van der Waals surface area contributed by atoms with Gasteiger partial charge in [-0.25, -0.2) is 0 Å². The lowest BCUT2D eigenvalue weighted by molar-refractivity contribution is -0.137. The van der Waals surface area contributed by atoms with Crippen molar-refractivity contribution in [2.75, 3.05) is 0 Å². The fourth-order valence-corrected chi connectivity index (χ4v) is 3.01. The average Bonchev–Trinajstić information content (AvgIpc) is 2.97. The van der Waals surface area contributed by atoms with Gasteiger partial charge in [-0.1, -0.05) is 50.5 Å². The van der Waals surface area contributed by atoms with Crippen LogP contribution in [0.3, 0.4) is 0 Å². The van der Waals surface area contributed by atoms with Crippen molar-refractivity contribution in [3.63, 3.8) is 0 Å². The maximum absolute atomic E-state index is 10.4. The summed E-state index contributed by atoms with van der Waals surface area (Å²) in [5.74, 6) is -0.804. The van der Waals surface area contributed by atoms with Crippen LogP contribution < -0.4 is 0 Å². The van der Waals surface area contributed by atoms with E-state index < -0.39 is 30.4 Å². The average molecular weight is 370 g/mol. The monoisotopic (exact) mass is 370 g/mol. The van der Waals surface area contributed by atoms with Gasteiger partial charge in [0, 0.05) is 12.8 Å². The van der Waals surface area contributed by atoms with Crippen LogP contribution in [0.1, 0.15) is 64.7 Å². The van der Waals surface area contributed by atoms with Gasteiger partial charge in [-0.05, 0) is 25.7 Å². The van der Waals surface area contributed by atoms with Crippen LogP contribution in [0.4, 0.5) is 0 Å². The minimum Gasteiger partial charge on any atom is -0.481 e. The Kier molecular flexibility index (Phi) is 11.4. The molecule has 0 spiro atoms. The summed E-state index contributed by atoms with van der Waals surface area (Å²) < 4.78 is 5.76. The normalized spacial score (nSPS) is 25.9. The fraction of sp³-hybridized carbons (Fsp3) is 0.750. The molecule has 0 aromatic heterocycles. The third-order valence-electron chi connectivity index (χ3n) is 4.56. The van der Waals surface area contributed by atoms with Gasteiger partial charge in [0.15, 0.2) is 0 Å². The Morgan fingerprint density at radius 2 is 1.96 bits per heavy atom. The predicted molar refractivity (Wildman–Crippen MR) is 99.8 cm³/mol. The Hall–Kier alpha value is -1.21. The number of unbranched alkanes of at least 4 members (excludes halogenated alkanes) is 3. The summed E-state index contributed by atoms with van der Waals surface area (Å²) in [6.45, 7) is 2.12. The molecule has 1 saturated heterocycles. The highest BCUT2D eigenvalue weighted by molar-refractivity contribution is 5.66. The van der Waals surface area contributed by atoms with E-state index in [1.807, 2.05) is 12.2 Å². The van der Waals surface area contributed by atoms with Crippen LogP contribution in [0.15, 0.2) is 24.3 Å². The molecular formula is C20H34O6. The van der Waals surface area contributed by atoms with E-state index in [1.165, 1.54) is 12.2 Å². The van der Waals surface area contributed by atoms with E-state index in [0.717, 1.165) is 25.7 Å². The van der Waals surface area contributed by atoms with Crippen LogP contribution >= 0.6 is 0 Å². The molecule has 5 atom stereocenters. The van der Waals surface area contributed by atoms with Gasteiger partial charge in [0.25, 0.3) is 0 Å². The molecular weight excluding hydrogens is 336 g/mol. The number of allylic oxidation sites excluding steroid dienone is 1. The first kappa shape index (κ1) is 22.8. The number of aliphatic hydroxyl groups is 3. The molecule has 1 fully saturated rings. The summed E-state index contributed by atoms with van der Waals surface area (Å²) in [5, 5.41) is 38.7. The molecule has 0 saturated carbocycles. The second-order valence-corrected chi connectivity index (χ2v) is 6.95. The zero-order valence-electron chi connectivity index (χ0n) is 15.7. The molecule has 0 aliphatic carbocycles. The number of carboxylic acid groups (broad SMARTS) is 1. The quantitative estimate of drug-likeness (QED) is 0.293. The van der Waals surface area contributed by atoms with Gasteiger partial charge in [-0.3, -0.25) is 4.79 Å². The minimum atomic E-state index is -0.852. The lowest BCUT2D eigenvalue weighted by atomic mass is 10.0. The standard InChI is InChI=1S/C20H34O6/c1-2-3-6-10-18-17(23)14-19(26-18)16(22)13-12-15(21)9-7-4-5-8-11-20(24)25/h4,7,12-13,15-19,21-23H,2-3,5-6,8-11,14H2,1H3,(H,24,25)/b7-4-,13-12-/t15-,16-,17-,18+,19-/m0/s1. The molecule has 1 aliphatic rings. The van der Waals surface area contributed by atoms with Gasteiger partial charge in [0.2, 0.25) is 0 Å². The van der Waals surface area contributed by atoms with Crippen molar-refractivity contribution in [2.24, 2.45) is 0 Å². The Balaban J connectivity index is 2.27. The van der Waals surface area contributed by atoms with Crippen molar-refractivity contribution in [3.8, 4) is 0 Å². The fourth-order valence-electron chi connectivity index (χ4n) is 3.01. The highest BCUT2D eigenvalue weighted by Crippen LogP contribution is 2.27. The summed E-state index contributed by atoms with van der Waals surface area (Å²) in [5.41, 5.74) is 0. The number of rotatable bonds is 13. The maximum atomic E-state index is 10.4. The zero-order chi connectivity index (χ0) is 19.4. The highest BCUT2D eigenvalue weighted by Gasteiger charge is 2.36. The largest absolute Gasteiger partial charge is 0.481 e. The van der Waals surface area contributed by atoms with Crippen molar-refractivity contribution in [1.29, 1.82) is 0 Å². The Morgan fingerprint density at radius 1 is 1.19 bits per heavy atom. The van der Waals surface area contributed by atoms with E-state index in [1.54, 1.807) is 0 Å². The van der Waals surface area contributed by atoms with Gasteiger partial charge < -0.3 is 25.2 Å². The molecule has 26 heavy (non-hydrogen) atoms. The zero-order valence-corrected chi connectivity index (χ0v) is 15.7. The van der Waals surface area contributed by atoms with E-state index in [-0.39, 0.29) is 12.5 Å². The van der Waals surface area contributed by atoms with E-state index in [9.17, 15) is 20.1 Å². The first-order valence-corrected chi connectivity index (χ1v) is 9.68. The van der Waals surface area contributed by atoms with E-state index in [4.69, 9.17) is 9.84 Å². The Labute approximate surface area is 156 Å². The summed E-state index contributed by atoms with van der Waals surface area (Å²) in [4.78, 5) is 10.4. The van der Waals surface area contributed by atoms with Gasteiger partial charge in [0.1, 0.15) is 0 Å². The van der Waals surface area contributed by atoms with Crippen molar-refractivity contribution >= 4 is 5.97 Å². The van der Waals surface area contributed by atoms with Crippen molar-refractivity contribution in [3.05, 3.63) is 24.3 Å². The Morgan fingerprint density at radius 3 is 2.65 bits per heavy atom. The summed E-state index contributed by atoms with van der Waals surface area (Å²) in [6, 6.07) is 0. The van der Waals surface area contributed by atoms with Crippen LogP contribution in [0.5, 0.6) is 0 Å². The molecule has 4 N–H and O–H groups in total. The number of carbonyl (C=O) groups is 1. The highest BCUT2D eigenvalue weighted by atomic mass is 16.5. The first-order chi connectivity index (χ1) is 12.4. The van der Waals surface area contributed by atoms with E-state index >= 15 is 0 Å². The third kappa shape index (κ3) is 9.48. The van der Waals surface area contributed by atoms with Gasteiger partial charge >= 0.3 is 5.97 Å². The van der Waals surface area contributed by atoms with E-state index in [0.29, 0.717) is 25.7 Å². The number of aliphatic carboxylic acids is 1. The van der Waals surface area contributed by atoms with Crippen LogP contribution in [0.2, 0.25) is 0 Å². The molecule has 0 amide bonds. The molecule has 0 radical (unpaired) electrons. The molecule has 0 unspecified atom stereocenters. The Bertz CT molecular complexity index is 448. The van der Waals surface area contributed by atoms with Crippen LogP contribution in [0, 0.1) is 0 Å². The predicted octanol–water partition coefficient (Wildman–Crippen LogP) is 2.56. The lowest BCUT2D eigenvalue weighted by Crippen LogP contribution is -2.25. The summed E-state index contributed by atoms with van der Waals surface area (Å²) in [7, 11) is 0. The van der Waals surface area contributed by atoms with Crippen LogP contribution in [-0.2, 0) is 9.53 Å². The smallest absolute Gasteiger partial charge is 0.303 e. The second kappa shape index (κ2) is 13.0. The van der Waals surface area contributed by atoms with Crippen molar-refractivity contribution in [1.82, 2.24) is 0 Å². The molecule has 0 bridgehead atoms. The topological polar surface area (TPSA) is 107 Å². The number of carboxylic acids is 1. The minimum absolute atomic E-state index is 0.145. The molecule has 6 heteroatoms. The third-order valence-corrected chi connectivity index (χ3v) is 4.56. The maximum Gasteiger partial charge on any atom is 0.303 e. The van der Waals surface area contributed by atoms with E-state index in [2.05, 4.69) is 6.92 Å². The van der Waals surface area contributed by atoms with Crippen molar-refractivity contribution < 1.29 is 30.0 Å².